The van der Waals surface area contributed by atoms with E-state index >= 15 is 0 Å². The van der Waals surface area contributed by atoms with E-state index in [1.807, 2.05) is 0 Å². The lowest BCUT2D eigenvalue weighted by molar-refractivity contribution is -0.141. The highest BCUT2D eigenvalue weighted by molar-refractivity contribution is 5.96. The molecule has 1 fully saturated rings. The molecule has 0 spiro atoms. The molecule has 7 heteroatoms. The minimum atomic E-state index is -1.10. The van der Waals surface area contributed by atoms with Gasteiger partial charge in [-0.05, 0) is 0 Å². The van der Waals surface area contributed by atoms with Crippen molar-refractivity contribution in [3.63, 3.8) is 0 Å². The lowest BCUT2D eigenvalue weighted by Crippen LogP contribution is -2.40. The summed E-state index contributed by atoms with van der Waals surface area (Å²) in [4.78, 5) is 24.2. The molecule has 0 aliphatic carbocycles. The zero-order chi connectivity index (χ0) is 12.6. The average molecular weight is 239 g/mol. The van der Waals surface area contributed by atoms with Gasteiger partial charge >= 0.3 is 5.97 Å². The lowest BCUT2D eigenvalue weighted by Gasteiger charge is -2.20. The van der Waals surface area contributed by atoms with Gasteiger partial charge in [-0.1, -0.05) is 0 Å². The van der Waals surface area contributed by atoms with Crippen LogP contribution in [0.4, 0.5) is 0 Å². The third kappa shape index (κ3) is 2.14. The predicted molar refractivity (Wildman–Crippen MR) is 56.3 cm³/mol. The molecule has 7 nitrogen and oxygen atoms in total. The average Bonchev–Trinajstić information content (AvgIpc) is 2.83. The van der Waals surface area contributed by atoms with Crippen molar-refractivity contribution in [2.24, 2.45) is 7.05 Å². The van der Waals surface area contributed by atoms with Crippen molar-refractivity contribution in [3.8, 4) is 0 Å². The Labute approximate surface area is 97.3 Å². The molecule has 1 aromatic heterocycles. The number of nitrogens with zero attached hydrogens (tertiary/aromatic N) is 3. The first-order valence-corrected chi connectivity index (χ1v) is 5.19. The monoisotopic (exact) mass is 239 g/mol. The van der Waals surface area contributed by atoms with Crippen LogP contribution in [0.3, 0.4) is 0 Å². The van der Waals surface area contributed by atoms with Crippen LogP contribution in [0, 0.1) is 0 Å². The highest BCUT2D eigenvalue weighted by atomic mass is 16.4. The van der Waals surface area contributed by atoms with Crippen molar-refractivity contribution in [2.75, 3.05) is 6.54 Å². The Kier molecular flexibility index (Phi) is 2.84. The molecule has 1 amide bonds. The molecular formula is C10H13N3O4. The van der Waals surface area contributed by atoms with E-state index in [1.165, 1.54) is 22.0 Å². The van der Waals surface area contributed by atoms with Gasteiger partial charge in [0.1, 0.15) is 6.04 Å². The number of hydrogen-bond donors (Lipinski definition) is 2. The molecule has 1 aliphatic rings. The summed E-state index contributed by atoms with van der Waals surface area (Å²) in [5.74, 6) is -1.51. The largest absolute Gasteiger partial charge is 0.480 e. The Morgan fingerprint density at radius 2 is 2.24 bits per heavy atom. The third-order valence-electron chi connectivity index (χ3n) is 2.78. The summed E-state index contributed by atoms with van der Waals surface area (Å²) in [5, 5.41) is 22.3. The maximum atomic E-state index is 12.0. The van der Waals surface area contributed by atoms with Crippen molar-refractivity contribution < 1.29 is 19.8 Å². The predicted octanol–water partition coefficient (Wildman–Crippen LogP) is -0.920. The number of carboxylic acids is 1. The van der Waals surface area contributed by atoms with E-state index in [4.69, 9.17) is 5.11 Å². The van der Waals surface area contributed by atoms with E-state index in [0.29, 0.717) is 5.56 Å². The van der Waals surface area contributed by atoms with Crippen molar-refractivity contribution in [1.82, 2.24) is 14.7 Å². The maximum Gasteiger partial charge on any atom is 0.326 e. The smallest absolute Gasteiger partial charge is 0.326 e. The van der Waals surface area contributed by atoms with Crippen molar-refractivity contribution in [3.05, 3.63) is 18.0 Å². The highest BCUT2D eigenvalue weighted by Crippen LogP contribution is 2.20. The number of rotatable bonds is 2. The normalized spacial score (nSPS) is 24.0. The van der Waals surface area contributed by atoms with Gasteiger partial charge in [0.05, 0.1) is 17.9 Å². The highest BCUT2D eigenvalue weighted by Gasteiger charge is 2.39. The molecule has 1 aromatic rings. The number of aliphatic hydroxyl groups is 1. The SMILES string of the molecule is Cn1cc(C(=O)N2C[C@H](O)C[C@H]2C(=O)O)cn1. The van der Waals surface area contributed by atoms with Crippen LogP contribution in [-0.4, -0.2) is 55.5 Å². The Hall–Kier alpha value is -1.89. The van der Waals surface area contributed by atoms with Gasteiger partial charge in [-0.15, -0.1) is 0 Å². The number of amides is 1. The number of likely N-dealkylation sites (tertiary alicyclic amines) is 1. The quantitative estimate of drug-likeness (QED) is 0.696. The first-order chi connectivity index (χ1) is 7.99. The molecule has 2 rings (SSSR count). The molecule has 0 bridgehead atoms. The van der Waals surface area contributed by atoms with Gasteiger partial charge in [0.25, 0.3) is 5.91 Å². The van der Waals surface area contributed by atoms with E-state index in [2.05, 4.69) is 5.10 Å². The molecule has 2 N–H and O–H groups in total. The van der Waals surface area contributed by atoms with Crippen molar-refractivity contribution >= 4 is 11.9 Å². The summed E-state index contributed by atoms with van der Waals surface area (Å²) < 4.78 is 1.47. The Balaban J connectivity index is 2.21. The van der Waals surface area contributed by atoms with Crippen LogP contribution < -0.4 is 0 Å². The maximum absolute atomic E-state index is 12.0. The molecule has 17 heavy (non-hydrogen) atoms. The Morgan fingerprint density at radius 3 is 2.76 bits per heavy atom. The number of aromatic nitrogens is 2. The number of aryl methyl sites for hydroxylation is 1. The van der Waals surface area contributed by atoms with Crippen LogP contribution in [0.1, 0.15) is 16.8 Å². The summed E-state index contributed by atoms with van der Waals surface area (Å²) in [7, 11) is 1.67. The molecule has 0 unspecified atom stereocenters. The molecule has 1 saturated heterocycles. The minimum Gasteiger partial charge on any atom is -0.480 e. The number of carboxylic acid groups (broad SMARTS) is 1. The van der Waals surface area contributed by atoms with E-state index in [-0.39, 0.29) is 13.0 Å². The molecule has 1 aliphatic heterocycles. The van der Waals surface area contributed by atoms with Gasteiger partial charge < -0.3 is 15.1 Å². The summed E-state index contributed by atoms with van der Waals surface area (Å²) in [6.45, 7) is 0.0463. The topological polar surface area (TPSA) is 95.7 Å². The first kappa shape index (κ1) is 11.6. The van der Waals surface area contributed by atoms with E-state index < -0.39 is 24.0 Å². The molecular weight excluding hydrogens is 226 g/mol. The zero-order valence-electron chi connectivity index (χ0n) is 9.28. The number of β-amino-alcohol motifs (C(OH)–C–C–N with tert-alkyl or cyclic N) is 1. The number of carbonyl (C=O) groups excluding carboxylic acids is 1. The lowest BCUT2D eigenvalue weighted by atomic mass is 10.2. The number of aliphatic carboxylic acids is 1. The third-order valence-corrected chi connectivity index (χ3v) is 2.78. The van der Waals surface area contributed by atoms with Gasteiger partial charge in [0, 0.05) is 26.2 Å². The van der Waals surface area contributed by atoms with Crippen molar-refractivity contribution in [2.45, 2.75) is 18.6 Å². The Bertz CT molecular complexity index is 456. The molecule has 2 heterocycles. The number of carbonyl (C=O) groups is 2. The van der Waals surface area contributed by atoms with Crippen LogP contribution in [0.25, 0.3) is 0 Å². The molecule has 2 atom stereocenters. The minimum absolute atomic E-state index is 0.0463. The molecule has 0 aromatic carbocycles. The van der Waals surface area contributed by atoms with Crippen LogP contribution in [-0.2, 0) is 11.8 Å². The van der Waals surface area contributed by atoms with Crippen LogP contribution in [0.5, 0.6) is 0 Å². The summed E-state index contributed by atoms with van der Waals surface area (Å²) in [5.41, 5.74) is 0.327. The standard InChI is InChI=1S/C10H13N3O4/c1-12-4-6(3-11-12)9(15)13-5-7(14)2-8(13)10(16)17/h3-4,7-8,14H,2,5H2,1H3,(H,16,17)/t7-,8+/m1/s1. The Morgan fingerprint density at radius 1 is 1.53 bits per heavy atom. The van der Waals surface area contributed by atoms with Gasteiger partial charge in [0.2, 0.25) is 0 Å². The second kappa shape index (κ2) is 4.17. The number of aliphatic hydroxyl groups excluding tert-OH is 1. The first-order valence-electron chi connectivity index (χ1n) is 5.19. The molecule has 0 saturated carbocycles. The fourth-order valence-electron chi connectivity index (χ4n) is 1.97. The number of hydrogen-bond acceptors (Lipinski definition) is 4. The fraction of sp³-hybridized carbons (Fsp3) is 0.500. The molecule has 92 valence electrons. The van der Waals surface area contributed by atoms with Crippen LogP contribution in [0.2, 0.25) is 0 Å². The van der Waals surface area contributed by atoms with Crippen LogP contribution >= 0.6 is 0 Å². The van der Waals surface area contributed by atoms with E-state index in [0.717, 1.165) is 0 Å². The second-order valence-corrected chi connectivity index (χ2v) is 4.10. The fourth-order valence-corrected chi connectivity index (χ4v) is 1.97. The van der Waals surface area contributed by atoms with Gasteiger partial charge in [-0.2, -0.15) is 5.10 Å². The van der Waals surface area contributed by atoms with E-state index in [1.54, 1.807) is 7.05 Å². The van der Waals surface area contributed by atoms with E-state index in [9.17, 15) is 14.7 Å². The summed E-state index contributed by atoms with van der Waals surface area (Å²) in [6, 6.07) is -0.960. The molecule has 0 radical (unpaired) electrons. The van der Waals surface area contributed by atoms with Crippen LogP contribution in [0.15, 0.2) is 12.4 Å². The van der Waals surface area contributed by atoms with Gasteiger partial charge in [0.15, 0.2) is 0 Å². The van der Waals surface area contributed by atoms with Crippen molar-refractivity contribution in [1.29, 1.82) is 0 Å². The van der Waals surface area contributed by atoms with Gasteiger partial charge in [-0.25, -0.2) is 4.79 Å². The second-order valence-electron chi connectivity index (χ2n) is 4.10. The summed E-state index contributed by atoms with van der Waals surface area (Å²) in [6.07, 6.45) is 2.19. The van der Waals surface area contributed by atoms with Gasteiger partial charge in [-0.3, -0.25) is 9.48 Å². The summed E-state index contributed by atoms with van der Waals surface area (Å²) >= 11 is 0. The zero-order valence-corrected chi connectivity index (χ0v) is 9.28.